The first-order valence-electron chi connectivity index (χ1n) is 6.50. The van der Waals surface area contributed by atoms with Gasteiger partial charge in [-0.15, -0.1) is 0 Å². The van der Waals surface area contributed by atoms with Crippen LogP contribution in [0.15, 0.2) is 24.3 Å². The van der Waals surface area contributed by atoms with Crippen molar-refractivity contribution < 1.29 is 0 Å². The Morgan fingerprint density at radius 3 is 2.42 bits per heavy atom. The number of fused-ring (bicyclic) bond motifs is 1. The number of para-hydroxylation sites is 2. The van der Waals surface area contributed by atoms with E-state index in [0.29, 0.717) is 19.0 Å². The molecule has 0 bridgehead atoms. The highest BCUT2D eigenvalue weighted by atomic mass is 15.2. The van der Waals surface area contributed by atoms with Crippen molar-refractivity contribution in [3.63, 3.8) is 0 Å². The molecule has 0 radical (unpaired) electrons. The number of aryl methyl sites for hydroxylation is 1. The van der Waals surface area contributed by atoms with Gasteiger partial charge in [0.15, 0.2) is 5.82 Å². The zero-order chi connectivity index (χ0) is 13.8. The topological polar surface area (TPSA) is 52.8 Å². The predicted octanol–water partition coefficient (Wildman–Crippen LogP) is 3.07. The average molecular weight is 254 g/mol. The molecule has 0 saturated carbocycles. The first-order valence-corrected chi connectivity index (χ1v) is 6.50. The van der Waals surface area contributed by atoms with Gasteiger partial charge in [0, 0.05) is 12.6 Å². The molecule has 1 aromatic heterocycles. The quantitative estimate of drug-likeness (QED) is 0.841. The molecule has 0 spiro atoms. The van der Waals surface area contributed by atoms with Crippen molar-refractivity contribution in [1.82, 2.24) is 9.97 Å². The molecule has 2 aromatic rings. The molecule has 19 heavy (non-hydrogen) atoms. The summed E-state index contributed by atoms with van der Waals surface area (Å²) in [5.41, 5.74) is 2.71. The molecule has 0 aliphatic carbocycles. The van der Waals surface area contributed by atoms with Gasteiger partial charge in [-0.2, -0.15) is 5.26 Å². The molecule has 0 aliphatic rings. The Bertz CT molecular complexity index is 613. The molecule has 98 valence electrons. The lowest BCUT2D eigenvalue weighted by molar-refractivity contribution is 0.674. The van der Waals surface area contributed by atoms with Gasteiger partial charge in [-0.25, -0.2) is 9.97 Å². The van der Waals surface area contributed by atoms with Crippen LogP contribution in [0.5, 0.6) is 0 Å². The summed E-state index contributed by atoms with van der Waals surface area (Å²) in [5.74, 6) is 0.879. The molecule has 2 rings (SSSR count). The van der Waals surface area contributed by atoms with Crippen molar-refractivity contribution in [1.29, 1.82) is 5.26 Å². The number of aromatic nitrogens is 2. The fraction of sp³-hybridized carbons (Fsp3) is 0.400. The summed E-state index contributed by atoms with van der Waals surface area (Å²) >= 11 is 0. The molecule has 4 heteroatoms. The maximum absolute atomic E-state index is 8.77. The van der Waals surface area contributed by atoms with Gasteiger partial charge in [-0.1, -0.05) is 12.1 Å². The van der Waals surface area contributed by atoms with E-state index in [4.69, 9.17) is 10.2 Å². The van der Waals surface area contributed by atoms with Gasteiger partial charge >= 0.3 is 0 Å². The van der Waals surface area contributed by atoms with Crippen LogP contribution in [0.2, 0.25) is 0 Å². The zero-order valence-corrected chi connectivity index (χ0v) is 11.6. The molecule has 1 heterocycles. The third-order valence-electron chi connectivity index (χ3n) is 3.08. The van der Waals surface area contributed by atoms with E-state index >= 15 is 0 Å². The van der Waals surface area contributed by atoms with E-state index in [-0.39, 0.29) is 0 Å². The molecule has 0 N–H and O–H groups in total. The van der Waals surface area contributed by atoms with Crippen LogP contribution in [0.25, 0.3) is 11.0 Å². The lowest BCUT2D eigenvalue weighted by Crippen LogP contribution is -2.33. The van der Waals surface area contributed by atoms with Crippen molar-refractivity contribution in [2.24, 2.45) is 0 Å². The number of nitriles is 1. The predicted molar refractivity (Wildman–Crippen MR) is 77.0 cm³/mol. The number of benzene rings is 1. The van der Waals surface area contributed by atoms with Gasteiger partial charge < -0.3 is 4.90 Å². The fourth-order valence-corrected chi connectivity index (χ4v) is 2.13. The van der Waals surface area contributed by atoms with Gasteiger partial charge in [0.05, 0.1) is 29.2 Å². The lowest BCUT2D eigenvalue weighted by atomic mass is 10.2. The number of rotatable bonds is 4. The standard InChI is InChI=1S/C15H18N4/c1-11(2)19(10-6-9-16)15-12(3)17-13-7-4-5-8-14(13)18-15/h4-5,7-8,11H,6,10H2,1-3H3. The van der Waals surface area contributed by atoms with E-state index < -0.39 is 0 Å². The Morgan fingerprint density at radius 2 is 1.84 bits per heavy atom. The normalized spacial score (nSPS) is 10.7. The van der Waals surface area contributed by atoms with E-state index in [9.17, 15) is 0 Å². The summed E-state index contributed by atoms with van der Waals surface area (Å²) in [6, 6.07) is 10.3. The van der Waals surface area contributed by atoms with Crippen LogP contribution >= 0.6 is 0 Å². The van der Waals surface area contributed by atoms with Crippen LogP contribution < -0.4 is 4.90 Å². The van der Waals surface area contributed by atoms with Crippen LogP contribution in [-0.2, 0) is 0 Å². The van der Waals surface area contributed by atoms with Gasteiger partial charge in [-0.3, -0.25) is 0 Å². The van der Waals surface area contributed by atoms with Gasteiger partial charge in [0.25, 0.3) is 0 Å². The molecular formula is C15H18N4. The van der Waals surface area contributed by atoms with Crippen LogP contribution in [0, 0.1) is 18.3 Å². The monoisotopic (exact) mass is 254 g/mol. The Morgan fingerprint density at radius 1 is 1.21 bits per heavy atom. The Hall–Kier alpha value is -2.15. The second-order valence-electron chi connectivity index (χ2n) is 4.82. The second kappa shape index (κ2) is 5.66. The van der Waals surface area contributed by atoms with E-state index in [1.807, 2.05) is 31.2 Å². The van der Waals surface area contributed by atoms with Gasteiger partial charge in [0.2, 0.25) is 0 Å². The maximum Gasteiger partial charge on any atom is 0.151 e. The van der Waals surface area contributed by atoms with Gasteiger partial charge in [-0.05, 0) is 32.9 Å². The minimum atomic E-state index is 0.294. The first kappa shape index (κ1) is 13.3. The van der Waals surface area contributed by atoms with Crippen LogP contribution in [0.4, 0.5) is 5.82 Å². The van der Waals surface area contributed by atoms with Crippen LogP contribution in [0.1, 0.15) is 26.0 Å². The van der Waals surface area contributed by atoms with Crippen LogP contribution in [-0.4, -0.2) is 22.6 Å². The lowest BCUT2D eigenvalue weighted by Gasteiger charge is -2.28. The van der Waals surface area contributed by atoms with E-state index in [2.05, 4.69) is 29.8 Å². The highest BCUT2D eigenvalue weighted by Gasteiger charge is 2.15. The minimum absolute atomic E-state index is 0.294. The van der Waals surface area contributed by atoms with Crippen molar-refractivity contribution >= 4 is 16.9 Å². The Labute approximate surface area is 113 Å². The van der Waals surface area contributed by atoms with E-state index in [1.54, 1.807) is 0 Å². The van der Waals surface area contributed by atoms with Crippen molar-refractivity contribution in [2.45, 2.75) is 33.2 Å². The Kier molecular flexibility index (Phi) is 3.96. The number of anilines is 1. The third-order valence-corrected chi connectivity index (χ3v) is 3.08. The SMILES string of the molecule is Cc1nc2ccccc2nc1N(CCC#N)C(C)C. The Balaban J connectivity index is 2.47. The molecule has 0 fully saturated rings. The number of hydrogen-bond acceptors (Lipinski definition) is 4. The molecule has 1 aromatic carbocycles. The number of nitrogens with zero attached hydrogens (tertiary/aromatic N) is 4. The summed E-state index contributed by atoms with van der Waals surface area (Å²) in [6.07, 6.45) is 0.492. The summed E-state index contributed by atoms with van der Waals surface area (Å²) in [5, 5.41) is 8.77. The van der Waals surface area contributed by atoms with Crippen molar-refractivity contribution in [2.75, 3.05) is 11.4 Å². The molecule has 0 atom stereocenters. The smallest absolute Gasteiger partial charge is 0.151 e. The second-order valence-corrected chi connectivity index (χ2v) is 4.82. The number of hydrogen-bond donors (Lipinski definition) is 0. The zero-order valence-electron chi connectivity index (χ0n) is 11.6. The molecule has 0 aliphatic heterocycles. The van der Waals surface area contributed by atoms with E-state index in [1.165, 1.54) is 0 Å². The largest absolute Gasteiger partial charge is 0.352 e. The summed E-state index contributed by atoms with van der Waals surface area (Å²) in [4.78, 5) is 11.4. The maximum atomic E-state index is 8.77. The molecular weight excluding hydrogens is 236 g/mol. The van der Waals surface area contributed by atoms with Crippen molar-refractivity contribution in [3.05, 3.63) is 30.0 Å². The van der Waals surface area contributed by atoms with Gasteiger partial charge in [0.1, 0.15) is 0 Å². The van der Waals surface area contributed by atoms with E-state index in [0.717, 1.165) is 22.5 Å². The average Bonchev–Trinajstić information content (AvgIpc) is 2.39. The van der Waals surface area contributed by atoms with Crippen molar-refractivity contribution in [3.8, 4) is 6.07 Å². The molecule has 0 amide bonds. The molecule has 0 unspecified atom stereocenters. The summed E-state index contributed by atoms with van der Waals surface area (Å²) in [6.45, 7) is 6.86. The minimum Gasteiger partial charge on any atom is -0.352 e. The summed E-state index contributed by atoms with van der Waals surface area (Å²) < 4.78 is 0. The molecule has 4 nitrogen and oxygen atoms in total. The highest BCUT2D eigenvalue weighted by molar-refractivity contribution is 5.76. The summed E-state index contributed by atoms with van der Waals surface area (Å²) in [7, 11) is 0. The first-order chi connectivity index (χ1) is 9.13. The van der Waals surface area contributed by atoms with Crippen LogP contribution in [0.3, 0.4) is 0 Å². The third kappa shape index (κ3) is 2.82. The molecule has 0 saturated heterocycles. The fourth-order valence-electron chi connectivity index (χ4n) is 2.13. The highest BCUT2D eigenvalue weighted by Crippen LogP contribution is 2.21.